The summed E-state index contributed by atoms with van der Waals surface area (Å²) in [5, 5.41) is 0. The van der Waals surface area contributed by atoms with Gasteiger partial charge in [-0.25, -0.2) is 9.59 Å². The van der Waals surface area contributed by atoms with E-state index in [0.29, 0.717) is 12.0 Å². The maximum Gasteiger partial charge on any atom is 0.410 e. The molecule has 1 rings (SSSR count). The van der Waals surface area contributed by atoms with Gasteiger partial charge in [-0.3, -0.25) is 9.88 Å². The van der Waals surface area contributed by atoms with Crippen molar-refractivity contribution in [3.63, 3.8) is 0 Å². The van der Waals surface area contributed by atoms with Crippen LogP contribution in [0.5, 0.6) is 0 Å². The lowest BCUT2D eigenvalue weighted by molar-refractivity contribution is -0.112. The van der Waals surface area contributed by atoms with E-state index < -0.39 is 23.7 Å². The molecule has 1 unspecified atom stereocenters. The summed E-state index contributed by atoms with van der Waals surface area (Å²) < 4.78 is 9.78. The average Bonchev–Trinajstić information content (AvgIpc) is 2.46. The van der Waals surface area contributed by atoms with E-state index in [4.69, 9.17) is 4.74 Å². The van der Waals surface area contributed by atoms with Crippen LogP contribution in [0.1, 0.15) is 42.9 Å². The second-order valence-corrected chi connectivity index (χ2v) is 5.64. The van der Waals surface area contributed by atoms with Crippen molar-refractivity contribution in [3.8, 4) is 0 Å². The average molecular weight is 308 g/mol. The fraction of sp³-hybridized carbons (Fsp3) is 0.467. The summed E-state index contributed by atoms with van der Waals surface area (Å²) in [6.45, 7) is 5.20. The molecule has 22 heavy (non-hydrogen) atoms. The van der Waals surface area contributed by atoms with Crippen LogP contribution in [0, 0.1) is 0 Å². The number of carbonyl (C=O) groups is 3. The number of likely N-dealkylation sites (N-methyl/N-ethyl adjacent to an activating group) is 1. The minimum Gasteiger partial charge on any atom is -0.465 e. The minimum atomic E-state index is -0.901. The van der Waals surface area contributed by atoms with E-state index in [0.717, 1.165) is 4.90 Å². The largest absolute Gasteiger partial charge is 0.465 e. The van der Waals surface area contributed by atoms with Crippen molar-refractivity contribution in [1.29, 1.82) is 0 Å². The third-order valence-corrected chi connectivity index (χ3v) is 2.74. The lowest BCUT2D eigenvalue weighted by atomic mass is 10.1. The van der Waals surface area contributed by atoms with E-state index in [1.54, 1.807) is 20.8 Å². The Morgan fingerprint density at radius 2 is 1.95 bits per heavy atom. The molecule has 0 fully saturated rings. The van der Waals surface area contributed by atoms with Crippen molar-refractivity contribution < 1.29 is 23.9 Å². The van der Waals surface area contributed by atoms with Crippen LogP contribution in [-0.2, 0) is 14.3 Å². The molecule has 0 N–H and O–H groups in total. The van der Waals surface area contributed by atoms with Gasteiger partial charge < -0.3 is 14.3 Å². The Balaban J connectivity index is 2.93. The number of hydrogen-bond acceptors (Lipinski definition) is 6. The molecule has 0 aliphatic carbocycles. The molecule has 0 radical (unpaired) electrons. The minimum absolute atomic E-state index is 0.260. The Hall–Kier alpha value is -2.44. The number of rotatable bonds is 4. The number of ether oxygens (including phenoxy) is 2. The second kappa shape index (κ2) is 7.02. The van der Waals surface area contributed by atoms with Crippen LogP contribution in [0.4, 0.5) is 4.79 Å². The van der Waals surface area contributed by atoms with E-state index in [9.17, 15) is 14.4 Å². The Morgan fingerprint density at radius 1 is 1.32 bits per heavy atom. The van der Waals surface area contributed by atoms with Crippen LogP contribution >= 0.6 is 0 Å². The zero-order chi connectivity index (χ0) is 16.9. The lowest BCUT2D eigenvalue weighted by Crippen LogP contribution is -2.37. The van der Waals surface area contributed by atoms with E-state index in [1.807, 2.05) is 0 Å². The van der Waals surface area contributed by atoms with Crippen molar-refractivity contribution in [2.75, 3.05) is 14.2 Å². The maximum absolute atomic E-state index is 12.0. The van der Waals surface area contributed by atoms with Crippen molar-refractivity contribution in [1.82, 2.24) is 9.88 Å². The molecule has 1 aromatic heterocycles. The van der Waals surface area contributed by atoms with E-state index >= 15 is 0 Å². The van der Waals surface area contributed by atoms with Gasteiger partial charge in [-0.1, -0.05) is 0 Å². The lowest BCUT2D eigenvalue weighted by Gasteiger charge is -2.27. The Morgan fingerprint density at radius 3 is 2.36 bits per heavy atom. The number of carbonyl (C=O) groups excluding carboxylic acids is 3. The molecule has 0 bridgehead atoms. The monoisotopic (exact) mass is 308 g/mol. The number of nitrogens with zero attached hydrogens (tertiary/aromatic N) is 2. The van der Waals surface area contributed by atoms with Gasteiger partial charge in [0.25, 0.3) is 0 Å². The van der Waals surface area contributed by atoms with Crippen LogP contribution in [0.15, 0.2) is 18.3 Å². The van der Waals surface area contributed by atoms with Crippen LogP contribution in [0.3, 0.4) is 0 Å². The predicted octanol–water partition coefficient (Wildman–Crippen LogP) is 1.98. The molecule has 0 saturated heterocycles. The summed E-state index contributed by atoms with van der Waals surface area (Å²) in [5.74, 6) is -0.526. The van der Waals surface area contributed by atoms with Crippen molar-refractivity contribution in [2.45, 2.75) is 32.4 Å². The molecule has 7 heteroatoms. The molecule has 0 aliphatic heterocycles. The van der Waals surface area contributed by atoms with E-state index in [2.05, 4.69) is 9.72 Å². The predicted molar refractivity (Wildman–Crippen MR) is 78.4 cm³/mol. The third kappa shape index (κ3) is 4.54. The summed E-state index contributed by atoms with van der Waals surface area (Å²) in [4.78, 5) is 39.8. The third-order valence-electron chi connectivity index (χ3n) is 2.74. The highest BCUT2D eigenvalue weighted by Crippen LogP contribution is 2.19. The zero-order valence-corrected chi connectivity index (χ0v) is 13.3. The topological polar surface area (TPSA) is 85.8 Å². The Labute approximate surface area is 129 Å². The quantitative estimate of drug-likeness (QED) is 0.624. The zero-order valence-electron chi connectivity index (χ0n) is 13.3. The van der Waals surface area contributed by atoms with Crippen molar-refractivity contribution in [3.05, 3.63) is 29.6 Å². The highest BCUT2D eigenvalue weighted by Gasteiger charge is 2.27. The van der Waals surface area contributed by atoms with E-state index in [-0.39, 0.29) is 5.56 Å². The molecular formula is C15H20N2O5. The number of amides is 1. The summed E-state index contributed by atoms with van der Waals surface area (Å²) in [6, 6.07) is 2.07. The molecule has 7 nitrogen and oxygen atoms in total. The van der Waals surface area contributed by atoms with Crippen LogP contribution < -0.4 is 0 Å². The van der Waals surface area contributed by atoms with Gasteiger partial charge in [0.05, 0.1) is 18.4 Å². The summed E-state index contributed by atoms with van der Waals surface area (Å²) in [5.41, 5.74) is -0.0761. The molecule has 1 aromatic rings. The van der Waals surface area contributed by atoms with Gasteiger partial charge in [-0.05, 0) is 32.9 Å². The van der Waals surface area contributed by atoms with Crippen molar-refractivity contribution in [2.24, 2.45) is 0 Å². The molecule has 0 aromatic carbocycles. The normalized spacial score (nSPS) is 12.2. The first-order valence-corrected chi connectivity index (χ1v) is 6.65. The highest BCUT2D eigenvalue weighted by molar-refractivity contribution is 5.88. The van der Waals surface area contributed by atoms with Crippen LogP contribution in [0.25, 0.3) is 0 Å². The molecule has 1 heterocycles. The molecule has 0 spiro atoms. The number of methoxy groups -OCH3 is 1. The van der Waals surface area contributed by atoms with Gasteiger partial charge in [0.2, 0.25) is 0 Å². The molecule has 0 saturated carbocycles. The first-order valence-electron chi connectivity index (χ1n) is 6.65. The Kier molecular flexibility index (Phi) is 5.62. The SMILES string of the molecule is COC(=O)c1ccc(C(C=O)N(C)C(=O)OC(C)(C)C)nc1. The van der Waals surface area contributed by atoms with Gasteiger partial charge in [0.15, 0.2) is 0 Å². The second-order valence-electron chi connectivity index (χ2n) is 5.64. The number of hydrogen-bond donors (Lipinski definition) is 0. The standard InChI is InChI=1S/C15H20N2O5/c1-15(2,3)22-14(20)17(4)12(9-18)11-7-6-10(8-16-11)13(19)21-5/h6-9,12H,1-5H3. The first-order chi connectivity index (χ1) is 10.2. The summed E-state index contributed by atoms with van der Waals surface area (Å²) >= 11 is 0. The number of esters is 1. The van der Waals surface area contributed by atoms with E-state index in [1.165, 1.54) is 32.5 Å². The van der Waals surface area contributed by atoms with Crippen LogP contribution in [0.2, 0.25) is 0 Å². The maximum atomic E-state index is 12.0. The number of aldehydes is 1. The summed E-state index contributed by atoms with van der Waals surface area (Å²) in [7, 11) is 2.71. The van der Waals surface area contributed by atoms with Gasteiger partial charge in [-0.2, -0.15) is 0 Å². The molecule has 1 amide bonds. The highest BCUT2D eigenvalue weighted by atomic mass is 16.6. The fourth-order valence-electron chi connectivity index (χ4n) is 1.63. The van der Waals surface area contributed by atoms with Gasteiger partial charge in [0.1, 0.15) is 17.9 Å². The fourth-order valence-corrected chi connectivity index (χ4v) is 1.63. The molecule has 1 atom stereocenters. The molecular weight excluding hydrogens is 288 g/mol. The summed E-state index contributed by atoms with van der Waals surface area (Å²) in [6.07, 6.45) is 1.24. The van der Waals surface area contributed by atoms with Crippen LogP contribution in [-0.4, -0.2) is 48.0 Å². The molecule has 120 valence electrons. The van der Waals surface area contributed by atoms with Gasteiger partial charge >= 0.3 is 12.1 Å². The number of pyridine rings is 1. The molecule has 0 aliphatic rings. The first kappa shape index (κ1) is 17.6. The van der Waals surface area contributed by atoms with Gasteiger partial charge in [0, 0.05) is 13.2 Å². The smallest absolute Gasteiger partial charge is 0.410 e. The van der Waals surface area contributed by atoms with Gasteiger partial charge in [-0.15, -0.1) is 0 Å². The number of aromatic nitrogens is 1. The Bertz CT molecular complexity index is 548. The van der Waals surface area contributed by atoms with Crippen molar-refractivity contribution >= 4 is 18.3 Å².